The van der Waals surface area contributed by atoms with Crippen LogP contribution in [0.5, 0.6) is 0 Å². The number of rotatable bonds is 5. The molecule has 0 aliphatic carbocycles. The van der Waals surface area contributed by atoms with E-state index in [4.69, 9.17) is 0 Å². The van der Waals surface area contributed by atoms with Crippen LogP contribution >= 0.6 is 15.9 Å². The minimum absolute atomic E-state index is 0.0452. The Morgan fingerprint density at radius 2 is 1.65 bits per heavy atom. The lowest BCUT2D eigenvalue weighted by Crippen LogP contribution is -2.27. The van der Waals surface area contributed by atoms with E-state index in [0.717, 1.165) is 16.3 Å². The van der Waals surface area contributed by atoms with Gasteiger partial charge in [-0.1, -0.05) is 28.1 Å². The van der Waals surface area contributed by atoms with Crippen LogP contribution in [0.1, 0.15) is 5.56 Å². The zero-order valence-electron chi connectivity index (χ0n) is 12.8. The highest BCUT2D eigenvalue weighted by Gasteiger charge is 2.12. The van der Waals surface area contributed by atoms with Crippen molar-refractivity contribution in [3.8, 4) is 0 Å². The number of nitrogens with zero attached hydrogens (tertiary/aromatic N) is 1. The number of sulfonamides is 1. The molecule has 7 heteroatoms. The van der Waals surface area contributed by atoms with Crippen LogP contribution < -0.4 is 9.62 Å². The summed E-state index contributed by atoms with van der Waals surface area (Å²) < 4.78 is 25.7. The van der Waals surface area contributed by atoms with E-state index < -0.39 is 10.0 Å². The number of amides is 1. The first-order chi connectivity index (χ1) is 10.7. The second kappa shape index (κ2) is 7.14. The molecular weight excluding hydrogens is 380 g/mol. The maximum absolute atomic E-state index is 12.3. The summed E-state index contributed by atoms with van der Waals surface area (Å²) in [4.78, 5) is 13.9. The minimum atomic E-state index is -3.31. The second-order valence-corrected chi connectivity index (χ2v) is 7.84. The van der Waals surface area contributed by atoms with Crippen molar-refractivity contribution in [2.45, 2.75) is 6.42 Å². The summed E-state index contributed by atoms with van der Waals surface area (Å²) in [6.07, 6.45) is 1.39. The molecule has 0 heterocycles. The Hall–Kier alpha value is -1.86. The number of carbonyl (C=O) groups excluding carboxylic acids is 1. The Morgan fingerprint density at radius 3 is 2.17 bits per heavy atom. The van der Waals surface area contributed by atoms with E-state index in [1.54, 1.807) is 36.2 Å². The van der Waals surface area contributed by atoms with Gasteiger partial charge in [0, 0.05) is 22.9 Å². The van der Waals surface area contributed by atoms with Gasteiger partial charge in [0.2, 0.25) is 15.9 Å². The smallest absolute Gasteiger partial charge is 0.231 e. The fourth-order valence-electron chi connectivity index (χ4n) is 2.01. The third-order valence-electron chi connectivity index (χ3n) is 3.20. The number of carbonyl (C=O) groups is 1. The molecule has 1 amide bonds. The molecule has 0 aliphatic heterocycles. The molecule has 0 aromatic heterocycles. The Labute approximate surface area is 144 Å². The number of likely N-dealkylation sites (N-methyl/N-ethyl adjacent to an activating group) is 1. The van der Waals surface area contributed by atoms with Crippen molar-refractivity contribution in [3.05, 3.63) is 58.6 Å². The average Bonchev–Trinajstić information content (AvgIpc) is 2.48. The molecule has 2 aromatic carbocycles. The van der Waals surface area contributed by atoms with Crippen molar-refractivity contribution >= 4 is 43.2 Å². The van der Waals surface area contributed by atoms with Crippen LogP contribution in [-0.4, -0.2) is 27.6 Å². The van der Waals surface area contributed by atoms with Crippen molar-refractivity contribution in [1.82, 2.24) is 0 Å². The second-order valence-electron chi connectivity index (χ2n) is 5.18. The SMILES string of the molecule is CN(C(=O)Cc1ccc(Br)cc1)c1ccc(NS(C)(=O)=O)cc1. The quantitative estimate of drug-likeness (QED) is 0.844. The Morgan fingerprint density at radius 1 is 1.09 bits per heavy atom. The van der Waals surface area contributed by atoms with Crippen LogP contribution in [0.4, 0.5) is 11.4 Å². The third kappa shape index (κ3) is 5.37. The summed E-state index contributed by atoms with van der Waals surface area (Å²) in [5, 5.41) is 0. The summed E-state index contributed by atoms with van der Waals surface area (Å²) in [6, 6.07) is 14.2. The number of benzene rings is 2. The molecular formula is C16H17BrN2O3S. The molecule has 0 fully saturated rings. The molecule has 23 heavy (non-hydrogen) atoms. The van der Waals surface area contributed by atoms with Gasteiger partial charge in [0.25, 0.3) is 0 Å². The standard InChI is InChI=1S/C16H17BrN2O3S/c1-19(16(20)11-12-3-5-13(17)6-4-12)15-9-7-14(8-10-15)18-23(2,21)22/h3-10,18H,11H2,1-2H3. The summed E-state index contributed by atoms with van der Waals surface area (Å²) >= 11 is 3.36. The van der Waals surface area contributed by atoms with Gasteiger partial charge in [-0.15, -0.1) is 0 Å². The monoisotopic (exact) mass is 396 g/mol. The molecule has 0 aliphatic rings. The van der Waals surface area contributed by atoms with E-state index in [9.17, 15) is 13.2 Å². The highest BCUT2D eigenvalue weighted by atomic mass is 79.9. The molecule has 5 nitrogen and oxygen atoms in total. The highest BCUT2D eigenvalue weighted by Crippen LogP contribution is 2.19. The van der Waals surface area contributed by atoms with Crippen molar-refractivity contribution in [3.63, 3.8) is 0 Å². The molecule has 0 atom stereocenters. The number of hydrogen-bond acceptors (Lipinski definition) is 3. The van der Waals surface area contributed by atoms with Crippen molar-refractivity contribution in [1.29, 1.82) is 0 Å². The highest BCUT2D eigenvalue weighted by molar-refractivity contribution is 9.10. The predicted octanol–water partition coefficient (Wildman–Crippen LogP) is 3.03. The van der Waals surface area contributed by atoms with Crippen LogP contribution in [0.3, 0.4) is 0 Å². The molecule has 0 saturated carbocycles. The van der Waals surface area contributed by atoms with Crippen LogP contribution in [0, 0.1) is 0 Å². The lowest BCUT2D eigenvalue weighted by molar-refractivity contribution is -0.117. The number of hydrogen-bond donors (Lipinski definition) is 1. The predicted molar refractivity (Wildman–Crippen MR) is 96.2 cm³/mol. The van der Waals surface area contributed by atoms with E-state index in [1.165, 1.54) is 0 Å². The van der Waals surface area contributed by atoms with Crippen molar-refractivity contribution < 1.29 is 13.2 Å². The Kier molecular flexibility index (Phi) is 5.43. The average molecular weight is 397 g/mol. The van der Waals surface area contributed by atoms with E-state index in [-0.39, 0.29) is 5.91 Å². The van der Waals surface area contributed by atoms with E-state index >= 15 is 0 Å². The van der Waals surface area contributed by atoms with Gasteiger partial charge in [-0.25, -0.2) is 8.42 Å². The van der Waals surface area contributed by atoms with E-state index in [0.29, 0.717) is 17.8 Å². The fourth-order valence-corrected chi connectivity index (χ4v) is 2.84. The first kappa shape index (κ1) is 17.5. The summed E-state index contributed by atoms with van der Waals surface area (Å²) in [7, 11) is -1.61. The maximum atomic E-state index is 12.3. The summed E-state index contributed by atoms with van der Waals surface area (Å²) in [5.74, 6) is -0.0452. The van der Waals surface area contributed by atoms with E-state index in [1.807, 2.05) is 24.3 Å². The Bertz CT molecular complexity index is 787. The normalized spacial score (nSPS) is 11.1. The van der Waals surface area contributed by atoms with Crippen LogP contribution in [0.15, 0.2) is 53.0 Å². The molecule has 1 N–H and O–H groups in total. The van der Waals surface area contributed by atoms with Crippen LogP contribution in [0.2, 0.25) is 0 Å². The molecule has 0 radical (unpaired) electrons. The van der Waals surface area contributed by atoms with Gasteiger partial charge in [-0.05, 0) is 42.0 Å². The first-order valence-corrected chi connectivity index (χ1v) is 9.52. The van der Waals surface area contributed by atoms with Gasteiger partial charge >= 0.3 is 0 Å². The number of nitrogens with one attached hydrogen (secondary N) is 1. The molecule has 2 rings (SSSR count). The summed E-state index contributed by atoms with van der Waals surface area (Å²) in [6.45, 7) is 0. The first-order valence-electron chi connectivity index (χ1n) is 6.83. The Balaban J connectivity index is 2.05. The fraction of sp³-hybridized carbons (Fsp3) is 0.188. The molecule has 0 spiro atoms. The molecule has 122 valence electrons. The largest absolute Gasteiger partial charge is 0.315 e. The summed E-state index contributed by atoms with van der Waals surface area (Å²) in [5.41, 5.74) is 2.09. The molecule has 0 bridgehead atoms. The lowest BCUT2D eigenvalue weighted by atomic mass is 10.1. The van der Waals surface area contributed by atoms with Gasteiger partial charge in [-0.2, -0.15) is 0 Å². The maximum Gasteiger partial charge on any atom is 0.231 e. The topological polar surface area (TPSA) is 66.5 Å². The van der Waals surface area contributed by atoms with Crippen LogP contribution in [0.25, 0.3) is 0 Å². The zero-order chi connectivity index (χ0) is 17.0. The third-order valence-corrected chi connectivity index (χ3v) is 4.34. The number of halogens is 1. The molecule has 0 saturated heterocycles. The van der Waals surface area contributed by atoms with Crippen molar-refractivity contribution in [2.24, 2.45) is 0 Å². The van der Waals surface area contributed by atoms with Crippen molar-refractivity contribution in [2.75, 3.05) is 22.9 Å². The minimum Gasteiger partial charge on any atom is -0.315 e. The van der Waals surface area contributed by atoms with Gasteiger partial charge in [-0.3, -0.25) is 9.52 Å². The van der Waals surface area contributed by atoms with Gasteiger partial charge in [0.05, 0.1) is 12.7 Å². The lowest BCUT2D eigenvalue weighted by Gasteiger charge is -2.18. The van der Waals surface area contributed by atoms with Gasteiger partial charge in [0.1, 0.15) is 0 Å². The van der Waals surface area contributed by atoms with Gasteiger partial charge in [0.15, 0.2) is 0 Å². The van der Waals surface area contributed by atoms with Gasteiger partial charge < -0.3 is 4.90 Å². The number of anilines is 2. The molecule has 0 unspecified atom stereocenters. The zero-order valence-corrected chi connectivity index (χ0v) is 15.2. The molecule has 2 aromatic rings. The van der Waals surface area contributed by atoms with E-state index in [2.05, 4.69) is 20.7 Å². The van der Waals surface area contributed by atoms with Crippen LogP contribution in [-0.2, 0) is 21.2 Å².